The average Bonchev–Trinajstić information content (AvgIpc) is 2.69. The summed E-state index contributed by atoms with van der Waals surface area (Å²) in [6, 6.07) is 12.7. The van der Waals surface area contributed by atoms with E-state index in [0.29, 0.717) is 17.7 Å². The van der Waals surface area contributed by atoms with E-state index in [1.807, 2.05) is 24.3 Å². The molecule has 7 N–H and O–H groups in total. The van der Waals surface area contributed by atoms with Gasteiger partial charge in [0.2, 0.25) is 0 Å². The zero-order valence-electron chi connectivity index (χ0n) is 14.8. The van der Waals surface area contributed by atoms with Crippen molar-refractivity contribution in [1.29, 1.82) is 0 Å². The molecule has 7 nitrogen and oxygen atoms in total. The van der Waals surface area contributed by atoms with Crippen molar-refractivity contribution in [3.63, 3.8) is 0 Å². The normalized spacial score (nSPS) is 28.3. The van der Waals surface area contributed by atoms with Crippen LogP contribution in [-0.2, 0) is 17.8 Å². The Morgan fingerprint density at radius 1 is 0.852 bits per heavy atom. The Kier molecular flexibility index (Phi) is 6.11. The molecule has 1 unspecified atom stereocenters. The smallest absolute Gasteiger partial charge is 0.113 e. The largest absolute Gasteiger partial charge is 0.398 e. The maximum Gasteiger partial charge on any atom is 0.113 e. The summed E-state index contributed by atoms with van der Waals surface area (Å²) >= 11 is 0. The molecular weight excluding hydrogens is 350 g/mol. The molecule has 0 spiro atoms. The summed E-state index contributed by atoms with van der Waals surface area (Å²) in [5, 5.41) is 48.7. The number of hydrogen-bond acceptors (Lipinski definition) is 7. The lowest BCUT2D eigenvalue weighted by Crippen LogP contribution is -2.55. The highest BCUT2D eigenvalue weighted by Gasteiger charge is 2.43. The minimum atomic E-state index is -1.42. The SMILES string of the molecule is Nc1ccc([C@@H]2O[C@H](CO)[C@@H](O)C(O)[C@H]2O)cc1Cc1ccc(CO)cc1. The molecule has 0 saturated carbocycles. The van der Waals surface area contributed by atoms with E-state index >= 15 is 0 Å². The molecule has 2 aromatic carbocycles. The van der Waals surface area contributed by atoms with Gasteiger partial charge in [0, 0.05) is 5.69 Å². The molecule has 0 radical (unpaired) electrons. The van der Waals surface area contributed by atoms with E-state index in [4.69, 9.17) is 15.6 Å². The Hall–Kier alpha value is -2.00. The predicted molar refractivity (Wildman–Crippen MR) is 98.7 cm³/mol. The van der Waals surface area contributed by atoms with Crippen LogP contribution in [0, 0.1) is 0 Å². The Balaban J connectivity index is 1.85. The molecule has 1 saturated heterocycles. The van der Waals surface area contributed by atoms with Crippen molar-refractivity contribution in [3.8, 4) is 0 Å². The minimum Gasteiger partial charge on any atom is -0.398 e. The molecule has 3 rings (SSSR count). The van der Waals surface area contributed by atoms with Crippen LogP contribution in [0.4, 0.5) is 5.69 Å². The van der Waals surface area contributed by atoms with Crippen LogP contribution >= 0.6 is 0 Å². The van der Waals surface area contributed by atoms with Crippen LogP contribution < -0.4 is 5.73 Å². The van der Waals surface area contributed by atoms with Crippen molar-refractivity contribution in [2.45, 2.75) is 43.5 Å². The lowest BCUT2D eigenvalue weighted by atomic mass is 9.89. The number of benzene rings is 2. The van der Waals surface area contributed by atoms with Gasteiger partial charge in [0.15, 0.2) is 0 Å². The number of rotatable bonds is 5. The van der Waals surface area contributed by atoms with Crippen LogP contribution in [0.3, 0.4) is 0 Å². The molecule has 0 aliphatic carbocycles. The number of nitrogen functional groups attached to an aromatic ring is 1. The molecule has 1 fully saturated rings. The van der Waals surface area contributed by atoms with Crippen molar-refractivity contribution >= 4 is 5.69 Å². The van der Waals surface area contributed by atoms with Gasteiger partial charge in [-0.2, -0.15) is 0 Å². The fourth-order valence-corrected chi connectivity index (χ4v) is 3.32. The standard InChI is InChI=1S/C20H25NO6/c21-15-6-5-13(20-19(26)18(25)17(24)16(10-23)27-20)8-14(15)7-11-1-3-12(9-22)4-2-11/h1-6,8,16-20,22-26H,7,9-10,21H2/t16-,17-,18?,19-,20+/m1/s1. The topological polar surface area (TPSA) is 136 Å². The van der Waals surface area contributed by atoms with Crippen molar-refractivity contribution in [2.75, 3.05) is 12.3 Å². The lowest BCUT2D eigenvalue weighted by Gasteiger charge is -2.40. The highest BCUT2D eigenvalue weighted by molar-refractivity contribution is 5.51. The number of aliphatic hydroxyl groups excluding tert-OH is 5. The molecule has 0 amide bonds. The van der Waals surface area contributed by atoms with Gasteiger partial charge in [0.05, 0.1) is 13.2 Å². The Morgan fingerprint density at radius 3 is 2.15 bits per heavy atom. The van der Waals surface area contributed by atoms with Crippen LogP contribution in [0.2, 0.25) is 0 Å². The van der Waals surface area contributed by atoms with Crippen LogP contribution in [-0.4, -0.2) is 56.6 Å². The molecule has 7 heteroatoms. The van der Waals surface area contributed by atoms with E-state index in [1.165, 1.54) is 0 Å². The molecular formula is C20H25NO6. The van der Waals surface area contributed by atoms with E-state index in [2.05, 4.69) is 0 Å². The molecule has 146 valence electrons. The van der Waals surface area contributed by atoms with Gasteiger partial charge in [-0.25, -0.2) is 0 Å². The first kappa shape index (κ1) is 19.8. The van der Waals surface area contributed by atoms with Crippen LogP contribution in [0.15, 0.2) is 42.5 Å². The maximum atomic E-state index is 10.3. The molecule has 1 heterocycles. The number of ether oxygens (including phenoxy) is 1. The average molecular weight is 375 g/mol. The van der Waals surface area contributed by atoms with E-state index < -0.39 is 37.1 Å². The third kappa shape index (κ3) is 4.14. The second-order valence-corrected chi connectivity index (χ2v) is 6.86. The highest BCUT2D eigenvalue weighted by Crippen LogP contribution is 2.34. The summed E-state index contributed by atoms with van der Waals surface area (Å²) in [6.07, 6.45) is -5.45. The first-order chi connectivity index (χ1) is 12.9. The van der Waals surface area contributed by atoms with Gasteiger partial charge in [0.25, 0.3) is 0 Å². The van der Waals surface area contributed by atoms with Gasteiger partial charge in [0.1, 0.15) is 30.5 Å². The lowest BCUT2D eigenvalue weighted by molar-refractivity contribution is -0.231. The Morgan fingerprint density at radius 2 is 1.52 bits per heavy atom. The van der Waals surface area contributed by atoms with Gasteiger partial charge in [-0.15, -0.1) is 0 Å². The van der Waals surface area contributed by atoms with Gasteiger partial charge >= 0.3 is 0 Å². The molecule has 1 aliphatic rings. The van der Waals surface area contributed by atoms with Crippen molar-refractivity contribution < 1.29 is 30.3 Å². The Bertz CT molecular complexity index is 764. The van der Waals surface area contributed by atoms with Crippen LogP contribution in [0.1, 0.15) is 28.4 Å². The van der Waals surface area contributed by atoms with E-state index in [-0.39, 0.29) is 6.61 Å². The Labute approximate surface area is 157 Å². The summed E-state index contributed by atoms with van der Waals surface area (Å²) < 4.78 is 5.61. The molecule has 0 bridgehead atoms. The van der Waals surface area contributed by atoms with Gasteiger partial charge in [-0.1, -0.05) is 36.4 Å². The quantitative estimate of drug-likeness (QED) is 0.401. The monoisotopic (exact) mass is 375 g/mol. The molecule has 1 aliphatic heterocycles. The summed E-state index contributed by atoms with van der Waals surface area (Å²) in [5.41, 5.74) is 9.91. The van der Waals surface area contributed by atoms with E-state index in [9.17, 15) is 20.4 Å². The third-order valence-corrected chi connectivity index (χ3v) is 4.99. The molecule has 0 aromatic heterocycles. The van der Waals surface area contributed by atoms with Crippen molar-refractivity contribution in [2.24, 2.45) is 0 Å². The van der Waals surface area contributed by atoms with Crippen LogP contribution in [0.25, 0.3) is 0 Å². The molecule has 5 atom stereocenters. The fourth-order valence-electron chi connectivity index (χ4n) is 3.32. The van der Waals surface area contributed by atoms with E-state index in [0.717, 1.165) is 16.7 Å². The zero-order valence-corrected chi connectivity index (χ0v) is 14.8. The predicted octanol–water partition coefficient (Wildman–Crippen LogP) is -0.133. The summed E-state index contributed by atoms with van der Waals surface area (Å²) in [7, 11) is 0. The number of aliphatic hydroxyl groups is 5. The third-order valence-electron chi connectivity index (χ3n) is 4.99. The van der Waals surface area contributed by atoms with Crippen molar-refractivity contribution in [1.82, 2.24) is 0 Å². The summed E-state index contributed by atoms with van der Waals surface area (Å²) in [6.45, 7) is -0.491. The molecule has 2 aromatic rings. The minimum absolute atomic E-state index is 0.0188. The van der Waals surface area contributed by atoms with Gasteiger partial charge < -0.3 is 36.0 Å². The van der Waals surface area contributed by atoms with Crippen LogP contribution in [0.5, 0.6) is 0 Å². The zero-order chi connectivity index (χ0) is 19.6. The van der Waals surface area contributed by atoms with Crippen molar-refractivity contribution in [3.05, 3.63) is 64.7 Å². The second-order valence-electron chi connectivity index (χ2n) is 6.86. The first-order valence-electron chi connectivity index (χ1n) is 8.82. The fraction of sp³-hybridized carbons (Fsp3) is 0.400. The summed E-state index contributed by atoms with van der Waals surface area (Å²) in [5.74, 6) is 0. The maximum absolute atomic E-state index is 10.3. The summed E-state index contributed by atoms with van der Waals surface area (Å²) in [4.78, 5) is 0. The number of anilines is 1. The number of hydrogen-bond donors (Lipinski definition) is 6. The number of nitrogens with two attached hydrogens (primary N) is 1. The molecule has 27 heavy (non-hydrogen) atoms. The van der Waals surface area contributed by atoms with E-state index in [1.54, 1.807) is 18.2 Å². The second kappa shape index (κ2) is 8.35. The van der Waals surface area contributed by atoms with Gasteiger partial charge in [-0.05, 0) is 34.7 Å². The highest BCUT2D eigenvalue weighted by atomic mass is 16.5. The first-order valence-corrected chi connectivity index (χ1v) is 8.82. The van der Waals surface area contributed by atoms with Gasteiger partial charge in [-0.3, -0.25) is 0 Å².